The van der Waals surface area contributed by atoms with Gasteiger partial charge in [-0.15, -0.1) is 0 Å². The number of benzene rings is 1. The molecule has 2 rings (SSSR count). The van der Waals surface area contributed by atoms with Gasteiger partial charge in [-0.3, -0.25) is 0 Å². The van der Waals surface area contributed by atoms with Crippen molar-refractivity contribution in [1.29, 1.82) is 0 Å². The van der Waals surface area contributed by atoms with Crippen molar-refractivity contribution in [3.05, 3.63) is 48.0 Å². The first-order valence-corrected chi connectivity index (χ1v) is 6.04. The third-order valence-electron chi connectivity index (χ3n) is 2.61. The quantitative estimate of drug-likeness (QED) is 0.857. The molecule has 1 N–H and O–H groups in total. The van der Waals surface area contributed by atoms with Crippen molar-refractivity contribution in [1.82, 2.24) is 15.3 Å². The molecule has 0 aliphatic heterocycles. The summed E-state index contributed by atoms with van der Waals surface area (Å²) in [5, 5.41) is 3.11. The second kappa shape index (κ2) is 6.70. The van der Waals surface area contributed by atoms with E-state index < -0.39 is 0 Å². The maximum absolute atomic E-state index is 5.81. The molecule has 0 bridgehead atoms. The zero-order chi connectivity index (χ0) is 13.5. The molecular formula is C14H17N3O2. The van der Waals surface area contributed by atoms with Gasteiger partial charge in [-0.05, 0) is 19.2 Å². The van der Waals surface area contributed by atoms with Gasteiger partial charge in [-0.1, -0.05) is 12.1 Å². The lowest BCUT2D eigenvalue weighted by Crippen LogP contribution is -2.09. The van der Waals surface area contributed by atoms with Gasteiger partial charge in [0, 0.05) is 24.5 Å². The van der Waals surface area contributed by atoms with Crippen LogP contribution in [0.5, 0.6) is 11.5 Å². The number of ether oxygens (including phenoxy) is 2. The largest absolute Gasteiger partial charge is 0.493 e. The first-order chi connectivity index (χ1) is 9.35. The molecule has 5 heteroatoms. The van der Waals surface area contributed by atoms with E-state index in [1.165, 1.54) is 0 Å². The number of hydrogen-bond donors (Lipinski definition) is 1. The minimum atomic E-state index is 0.317. The molecule has 0 saturated carbocycles. The summed E-state index contributed by atoms with van der Waals surface area (Å²) in [4.78, 5) is 8.26. The fraction of sp³-hybridized carbons (Fsp3) is 0.286. The van der Waals surface area contributed by atoms with Crippen LogP contribution in [0.15, 0.2) is 36.7 Å². The molecule has 0 aliphatic carbocycles. The third-order valence-corrected chi connectivity index (χ3v) is 2.61. The van der Waals surface area contributed by atoms with Gasteiger partial charge in [0.1, 0.15) is 6.61 Å². The Kier molecular flexibility index (Phi) is 4.69. The fourth-order valence-electron chi connectivity index (χ4n) is 1.76. The third kappa shape index (κ3) is 3.42. The molecular weight excluding hydrogens is 242 g/mol. The Morgan fingerprint density at radius 3 is 2.63 bits per heavy atom. The van der Waals surface area contributed by atoms with E-state index in [9.17, 15) is 0 Å². The maximum atomic E-state index is 5.81. The van der Waals surface area contributed by atoms with Crippen molar-refractivity contribution in [3.63, 3.8) is 0 Å². The highest BCUT2D eigenvalue weighted by Gasteiger charge is 2.10. The lowest BCUT2D eigenvalue weighted by atomic mass is 10.2. The first-order valence-electron chi connectivity index (χ1n) is 6.04. The minimum Gasteiger partial charge on any atom is -0.493 e. The second-order valence-corrected chi connectivity index (χ2v) is 3.93. The molecule has 1 aromatic carbocycles. The lowest BCUT2D eigenvalue weighted by molar-refractivity contribution is 0.273. The van der Waals surface area contributed by atoms with Gasteiger partial charge in [-0.25, -0.2) is 9.97 Å². The highest BCUT2D eigenvalue weighted by atomic mass is 16.5. The van der Waals surface area contributed by atoms with Gasteiger partial charge in [-0.2, -0.15) is 0 Å². The summed E-state index contributed by atoms with van der Waals surface area (Å²) >= 11 is 0. The second-order valence-electron chi connectivity index (χ2n) is 3.93. The number of nitrogens with one attached hydrogen (secondary N) is 1. The van der Waals surface area contributed by atoms with Gasteiger partial charge in [0.2, 0.25) is 0 Å². The van der Waals surface area contributed by atoms with Gasteiger partial charge in [0.05, 0.1) is 7.11 Å². The van der Waals surface area contributed by atoms with Gasteiger partial charge < -0.3 is 14.8 Å². The maximum Gasteiger partial charge on any atom is 0.166 e. The Balaban J connectivity index is 2.17. The predicted molar refractivity (Wildman–Crippen MR) is 72.1 cm³/mol. The molecule has 0 amide bonds. The highest BCUT2D eigenvalue weighted by Crippen LogP contribution is 2.31. The zero-order valence-electron chi connectivity index (χ0n) is 11.1. The molecule has 1 heterocycles. The van der Waals surface area contributed by atoms with Crippen LogP contribution in [-0.4, -0.2) is 24.1 Å². The molecule has 5 nitrogen and oxygen atoms in total. The van der Waals surface area contributed by atoms with Crippen LogP contribution in [0.4, 0.5) is 0 Å². The zero-order valence-corrected chi connectivity index (χ0v) is 11.1. The normalized spacial score (nSPS) is 10.2. The van der Waals surface area contributed by atoms with E-state index in [0.29, 0.717) is 24.7 Å². The van der Waals surface area contributed by atoms with E-state index in [0.717, 1.165) is 11.3 Å². The van der Waals surface area contributed by atoms with Crippen LogP contribution in [0.1, 0.15) is 11.4 Å². The molecule has 0 saturated heterocycles. The van der Waals surface area contributed by atoms with Crippen molar-refractivity contribution in [2.24, 2.45) is 0 Å². The number of aromatic nitrogens is 2. The number of methoxy groups -OCH3 is 1. The molecule has 1 aromatic heterocycles. The van der Waals surface area contributed by atoms with Crippen molar-refractivity contribution < 1.29 is 9.47 Å². The van der Waals surface area contributed by atoms with Crippen molar-refractivity contribution in [2.75, 3.05) is 14.2 Å². The molecule has 0 unspecified atom stereocenters. The van der Waals surface area contributed by atoms with Crippen LogP contribution in [0.25, 0.3) is 0 Å². The van der Waals surface area contributed by atoms with Gasteiger partial charge >= 0.3 is 0 Å². The standard InChI is InChI=1S/C14H17N3O2/c1-15-9-11-5-3-6-12(18-2)14(11)19-10-13-16-7-4-8-17-13/h3-8,15H,9-10H2,1-2H3. The Hall–Kier alpha value is -2.14. The smallest absolute Gasteiger partial charge is 0.166 e. The van der Waals surface area contributed by atoms with Crippen molar-refractivity contribution in [2.45, 2.75) is 13.2 Å². The predicted octanol–water partition coefficient (Wildman–Crippen LogP) is 1.78. The average molecular weight is 259 g/mol. The van der Waals surface area contributed by atoms with E-state index in [-0.39, 0.29) is 0 Å². The van der Waals surface area contributed by atoms with E-state index >= 15 is 0 Å². The molecule has 100 valence electrons. The van der Waals surface area contributed by atoms with Crippen molar-refractivity contribution >= 4 is 0 Å². The van der Waals surface area contributed by atoms with Crippen molar-refractivity contribution in [3.8, 4) is 11.5 Å². The van der Waals surface area contributed by atoms with E-state index in [2.05, 4.69) is 15.3 Å². The van der Waals surface area contributed by atoms with Gasteiger partial charge in [0.25, 0.3) is 0 Å². The molecule has 0 atom stereocenters. The summed E-state index contributed by atoms with van der Waals surface area (Å²) in [5.41, 5.74) is 1.04. The monoisotopic (exact) mass is 259 g/mol. The highest BCUT2D eigenvalue weighted by molar-refractivity contribution is 5.46. The minimum absolute atomic E-state index is 0.317. The van der Waals surface area contributed by atoms with Crippen LogP contribution in [0, 0.1) is 0 Å². The molecule has 0 fully saturated rings. The number of rotatable bonds is 6. The molecule has 2 aromatic rings. The molecule has 0 spiro atoms. The van der Waals surface area contributed by atoms with Crippen LogP contribution in [-0.2, 0) is 13.2 Å². The van der Waals surface area contributed by atoms with Gasteiger partial charge in [0.15, 0.2) is 17.3 Å². The first kappa shape index (κ1) is 13.3. The summed E-state index contributed by atoms with van der Waals surface area (Å²) < 4.78 is 11.1. The Labute approximate surface area is 112 Å². The summed E-state index contributed by atoms with van der Waals surface area (Å²) in [7, 11) is 3.52. The van der Waals surface area contributed by atoms with E-state index in [4.69, 9.17) is 9.47 Å². The summed E-state index contributed by atoms with van der Waals surface area (Å²) in [6.07, 6.45) is 3.39. The molecule has 19 heavy (non-hydrogen) atoms. The number of hydrogen-bond acceptors (Lipinski definition) is 5. The lowest BCUT2D eigenvalue weighted by Gasteiger charge is -2.14. The molecule has 0 radical (unpaired) electrons. The Bertz CT molecular complexity index is 517. The number of para-hydroxylation sites is 1. The Morgan fingerprint density at radius 2 is 1.95 bits per heavy atom. The fourth-order valence-corrected chi connectivity index (χ4v) is 1.76. The Morgan fingerprint density at radius 1 is 1.16 bits per heavy atom. The van der Waals surface area contributed by atoms with E-state index in [1.54, 1.807) is 25.6 Å². The van der Waals surface area contributed by atoms with E-state index in [1.807, 2.05) is 25.2 Å². The van der Waals surface area contributed by atoms with Crippen LogP contribution < -0.4 is 14.8 Å². The number of nitrogens with zero attached hydrogens (tertiary/aromatic N) is 2. The molecule has 0 aliphatic rings. The SMILES string of the molecule is CNCc1cccc(OC)c1OCc1ncccn1. The van der Waals surface area contributed by atoms with Crippen LogP contribution >= 0.6 is 0 Å². The average Bonchev–Trinajstić information content (AvgIpc) is 2.47. The summed E-state index contributed by atoms with van der Waals surface area (Å²) in [5.74, 6) is 2.08. The summed E-state index contributed by atoms with van der Waals surface area (Å²) in [6.45, 7) is 1.03. The van der Waals surface area contributed by atoms with Crippen LogP contribution in [0.3, 0.4) is 0 Å². The topological polar surface area (TPSA) is 56.3 Å². The van der Waals surface area contributed by atoms with Crippen LogP contribution in [0.2, 0.25) is 0 Å². The summed E-state index contributed by atoms with van der Waals surface area (Å²) in [6, 6.07) is 7.59.